The first kappa shape index (κ1) is 23.7. The van der Waals surface area contributed by atoms with Gasteiger partial charge < -0.3 is 19.5 Å². The third-order valence-corrected chi connectivity index (χ3v) is 6.30. The SMILES string of the molecule is CC(C)(C)OC(=O)N1CCC[C@H](CNc2nc3ccccc3n2Cc2ccc(Cl)cc2Cl)C1. The van der Waals surface area contributed by atoms with Gasteiger partial charge in [0.2, 0.25) is 5.95 Å². The molecule has 2 aromatic carbocycles. The first-order valence-corrected chi connectivity index (χ1v) is 12.1. The molecular weight excluding hydrogens is 459 g/mol. The number of imidazole rings is 1. The largest absolute Gasteiger partial charge is 0.444 e. The number of carbonyl (C=O) groups is 1. The number of halogens is 2. The van der Waals surface area contributed by atoms with Crippen molar-refractivity contribution >= 4 is 46.3 Å². The predicted molar refractivity (Wildman–Crippen MR) is 134 cm³/mol. The summed E-state index contributed by atoms with van der Waals surface area (Å²) in [6.07, 6.45) is 1.77. The topological polar surface area (TPSA) is 59.4 Å². The highest BCUT2D eigenvalue weighted by Crippen LogP contribution is 2.27. The lowest BCUT2D eigenvalue weighted by Gasteiger charge is -2.34. The second-order valence-corrected chi connectivity index (χ2v) is 10.4. The summed E-state index contributed by atoms with van der Waals surface area (Å²) in [5, 5.41) is 4.78. The van der Waals surface area contributed by atoms with Gasteiger partial charge in [-0.2, -0.15) is 0 Å². The molecule has 1 fully saturated rings. The number of nitrogens with zero attached hydrogens (tertiary/aromatic N) is 3. The number of aromatic nitrogens is 2. The van der Waals surface area contributed by atoms with E-state index in [1.54, 1.807) is 6.07 Å². The Kier molecular flexibility index (Phi) is 7.05. The van der Waals surface area contributed by atoms with Crippen molar-refractivity contribution in [1.29, 1.82) is 0 Å². The van der Waals surface area contributed by atoms with Crippen LogP contribution >= 0.6 is 23.2 Å². The molecule has 0 spiro atoms. The van der Waals surface area contributed by atoms with Gasteiger partial charge in [-0.3, -0.25) is 0 Å². The molecule has 176 valence electrons. The monoisotopic (exact) mass is 488 g/mol. The van der Waals surface area contributed by atoms with Crippen LogP contribution in [0.3, 0.4) is 0 Å². The number of fused-ring (bicyclic) bond motifs is 1. The van der Waals surface area contributed by atoms with E-state index in [9.17, 15) is 4.79 Å². The summed E-state index contributed by atoms with van der Waals surface area (Å²) in [7, 11) is 0. The van der Waals surface area contributed by atoms with Crippen LogP contribution in [0.2, 0.25) is 10.0 Å². The fraction of sp³-hybridized carbons (Fsp3) is 0.440. The molecule has 1 N–H and O–H groups in total. The number of hydrogen-bond donors (Lipinski definition) is 1. The normalized spacial score (nSPS) is 16.8. The molecule has 1 saturated heterocycles. The molecule has 0 aliphatic carbocycles. The molecule has 0 unspecified atom stereocenters. The molecular formula is C25H30Cl2N4O2. The summed E-state index contributed by atoms with van der Waals surface area (Å²) in [4.78, 5) is 19.1. The summed E-state index contributed by atoms with van der Waals surface area (Å²) in [6.45, 7) is 8.39. The van der Waals surface area contributed by atoms with Crippen LogP contribution in [0.25, 0.3) is 11.0 Å². The second kappa shape index (κ2) is 9.82. The number of para-hydroxylation sites is 2. The number of nitrogens with one attached hydrogen (secondary N) is 1. The zero-order chi connectivity index (χ0) is 23.6. The number of carbonyl (C=O) groups excluding carboxylic acids is 1. The van der Waals surface area contributed by atoms with Gasteiger partial charge >= 0.3 is 6.09 Å². The molecule has 6 nitrogen and oxygen atoms in total. The third-order valence-electron chi connectivity index (χ3n) is 5.72. The zero-order valence-electron chi connectivity index (χ0n) is 19.3. The minimum atomic E-state index is -0.490. The molecule has 4 rings (SSSR count). The molecule has 1 aliphatic rings. The van der Waals surface area contributed by atoms with Crippen molar-refractivity contribution in [3.05, 3.63) is 58.1 Å². The molecule has 1 atom stereocenters. The van der Waals surface area contributed by atoms with Crippen molar-refractivity contribution in [2.24, 2.45) is 5.92 Å². The van der Waals surface area contributed by atoms with Crippen LogP contribution in [0.1, 0.15) is 39.2 Å². The Morgan fingerprint density at radius 2 is 2.00 bits per heavy atom. The van der Waals surface area contributed by atoms with Crippen molar-refractivity contribution in [2.45, 2.75) is 45.8 Å². The van der Waals surface area contributed by atoms with Gasteiger partial charge in [0, 0.05) is 29.7 Å². The molecule has 8 heteroatoms. The molecule has 33 heavy (non-hydrogen) atoms. The highest BCUT2D eigenvalue weighted by Gasteiger charge is 2.28. The summed E-state index contributed by atoms with van der Waals surface area (Å²) in [5.41, 5.74) is 2.44. The van der Waals surface area contributed by atoms with E-state index in [4.69, 9.17) is 32.9 Å². The smallest absolute Gasteiger partial charge is 0.410 e. The van der Waals surface area contributed by atoms with E-state index in [1.807, 2.05) is 56.0 Å². The van der Waals surface area contributed by atoms with Gasteiger partial charge in [-0.05, 0) is 69.4 Å². The highest BCUT2D eigenvalue weighted by molar-refractivity contribution is 6.35. The van der Waals surface area contributed by atoms with Crippen molar-refractivity contribution in [3.8, 4) is 0 Å². The van der Waals surface area contributed by atoms with Crippen LogP contribution in [0, 0.1) is 5.92 Å². The molecule has 1 amide bonds. The lowest BCUT2D eigenvalue weighted by Crippen LogP contribution is -2.44. The minimum absolute atomic E-state index is 0.239. The Labute approximate surface area is 204 Å². The number of piperidine rings is 1. The number of ether oxygens (including phenoxy) is 1. The van der Waals surface area contributed by atoms with Gasteiger partial charge in [-0.25, -0.2) is 9.78 Å². The zero-order valence-corrected chi connectivity index (χ0v) is 20.8. The molecule has 0 bridgehead atoms. The van der Waals surface area contributed by atoms with Crippen LogP contribution in [0.15, 0.2) is 42.5 Å². The molecule has 0 radical (unpaired) electrons. The van der Waals surface area contributed by atoms with E-state index in [1.165, 1.54) is 0 Å². The average molecular weight is 489 g/mol. The van der Waals surface area contributed by atoms with Crippen molar-refractivity contribution < 1.29 is 9.53 Å². The van der Waals surface area contributed by atoms with E-state index in [2.05, 4.69) is 16.0 Å². The maximum Gasteiger partial charge on any atom is 0.410 e. The first-order chi connectivity index (χ1) is 15.7. The Balaban J connectivity index is 1.49. The standard InChI is InChI=1S/C25H30Cl2N4O2/c1-25(2,3)33-24(32)30-12-6-7-17(15-30)14-28-23-29-21-8-4-5-9-22(21)31(23)16-18-10-11-19(26)13-20(18)27/h4-5,8-11,13,17H,6-7,12,14-16H2,1-3H3,(H,28,29)/t17-/m1/s1. The maximum absolute atomic E-state index is 12.5. The number of hydrogen-bond acceptors (Lipinski definition) is 4. The third kappa shape index (κ3) is 5.92. The number of anilines is 1. The number of likely N-dealkylation sites (tertiary alicyclic amines) is 1. The molecule has 1 aliphatic heterocycles. The van der Waals surface area contributed by atoms with Gasteiger partial charge in [-0.1, -0.05) is 41.4 Å². The summed E-state index contributed by atoms with van der Waals surface area (Å²) < 4.78 is 7.70. The van der Waals surface area contributed by atoms with Crippen molar-refractivity contribution in [3.63, 3.8) is 0 Å². The van der Waals surface area contributed by atoms with Gasteiger partial charge in [0.1, 0.15) is 5.60 Å². The Morgan fingerprint density at radius 3 is 2.76 bits per heavy atom. The first-order valence-electron chi connectivity index (χ1n) is 11.3. The van der Waals surface area contributed by atoms with Crippen molar-refractivity contribution in [1.82, 2.24) is 14.5 Å². The fourth-order valence-electron chi connectivity index (χ4n) is 4.15. The maximum atomic E-state index is 12.5. The van der Waals surface area contributed by atoms with E-state index in [0.29, 0.717) is 29.1 Å². The van der Waals surface area contributed by atoms with Gasteiger partial charge in [0.05, 0.1) is 17.6 Å². The Bertz CT molecular complexity index is 1140. The predicted octanol–water partition coefficient (Wildman–Crippen LogP) is 6.45. The number of amides is 1. The summed E-state index contributed by atoms with van der Waals surface area (Å²) >= 11 is 12.5. The van der Waals surface area contributed by atoms with E-state index in [-0.39, 0.29) is 6.09 Å². The minimum Gasteiger partial charge on any atom is -0.444 e. The lowest BCUT2D eigenvalue weighted by atomic mass is 9.98. The Hall–Kier alpha value is -2.44. The summed E-state index contributed by atoms with van der Waals surface area (Å²) in [6, 6.07) is 13.6. The van der Waals surface area contributed by atoms with Crippen LogP contribution in [0.4, 0.5) is 10.7 Å². The van der Waals surface area contributed by atoms with Crippen molar-refractivity contribution in [2.75, 3.05) is 25.0 Å². The molecule has 3 aromatic rings. The lowest BCUT2D eigenvalue weighted by molar-refractivity contribution is 0.0172. The van der Waals surface area contributed by atoms with E-state index in [0.717, 1.165) is 48.5 Å². The number of benzene rings is 2. The Morgan fingerprint density at radius 1 is 1.21 bits per heavy atom. The van der Waals surface area contributed by atoms with Gasteiger partial charge in [0.15, 0.2) is 0 Å². The molecule has 1 aromatic heterocycles. The van der Waals surface area contributed by atoms with E-state index < -0.39 is 5.60 Å². The number of rotatable bonds is 5. The summed E-state index contributed by atoms with van der Waals surface area (Å²) in [5.74, 6) is 1.11. The highest BCUT2D eigenvalue weighted by atomic mass is 35.5. The van der Waals surface area contributed by atoms with Crippen LogP contribution in [0.5, 0.6) is 0 Å². The van der Waals surface area contributed by atoms with E-state index >= 15 is 0 Å². The van der Waals surface area contributed by atoms with Gasteiger partial charge in [0.25, 0.3) is 0 Å². The quantitative estimate of drug-likeness (QED) is 0.448. The second-order valence-electron chi connectivity index (χ2n) is 9.56. The average Bonchev–Trinajstić information content (AvgIpc) is 3.10. The fourth-order valence-corrected chi connectivity index (χ4v) is 4.62. The van der Waals surface area contributed by atoms with Gasteiger partial charge in [-0.15, -0.1) is 0 Å². The van der Waals surface area contributed by atoms with Crippen LogP contribution in [-0.4, -0.2) is 45.8 Å². The molecule has 0 saturated carbocycles. The molecule has 2 heterocycles. The van der Waals surface area contributed by atoms with Crippen LogP contribution in [-0.2, 0) is 11.3 Å². The van der Waals surface area contributed by atoms with Crippen LogP contribution < -0.4 is 5.32 Å².